The van der Waals surface area contributed by atoms with Crippen molar-refractivity contribution in [2.24, 2.45) is 0 Å². The van der Waals surface area contributed by atoms with Crippen LogP contribution in [0.2, 0.25) is 0 Å². The molecule has 0 spiro atoms. The van der Waals surface area contributed by atoms with E-state index in [9.17, 15) is 0 Å². The summed E-state index contributed by atoms with van der Waals surface area (Å²) in [4.78, 5) is 21.9. The van der Waals surface area contributed by atoms with E-state index in [0.717, 1.165) is 55.8 Å². The van der Waals surface area contributed by atoms with Gasteiger partial charge in [-0.3, -0.25) is 4.90 Å². The van der Waals surface area contributed by atoms with Crippen molar-refractivity contribution in [1.29, 1.82) is 0 Å². The summed E-state index contributed by atoms with van der Waals surface area (Å²) in [5.41, 5.74) is 2.24. The Bertz CT molecular complexity index is 661. The molecule has 2 aromatic heterocycles. The maximum absolute atomic E-state index is 4.79. The highest BCUT2D eigenvalue weighted by molar-refractivity contribution is 5.31. The fourth-order valence-electron chi connectivity index (χ4n) is 3.68. The molecule has 4 rings (SSSR count). The first-order valence-corrected chi connectivity index (χ1v) is 8.62. The van der Waals surface area contributed by atoms with E-state index >= 15 is 0 Å². The first-order chi connectivity index (χ1) is 11.3. The molecule has 2 aromatic rings. The van der Waals surface area contributed by atoms with E-state index in [1.807, 2.05) is 18.5 Å². The highest BCUT2D eigenvalue weighted by Gasteiger charge is 2.28. The molecule has 0 saturated carbocycles. The van der Waals surface area contributed by atoms with Crippen LogP contribution in [0.4, 0.5) is 5.95 Å². The molecule has 1 unspecified atom stereocenters. The minimum atomic E-state index is 0.383. The average Bonchev–Trinajstić information content (AvgIpc) is 3.28. The van der Waals surface area contributed by atoms with Gasteiger partial charge in [-0.15, -0.1) is 0 Å². The number of nitrogens with zero attached hydrogens (tertiary/aromatic N) is 5. The number of hydrogen-bond acceptors (Lipinski definition) is 5. The highest BCUT2D eigenvalue weighted by Crippen LogP contribution is 2.31. The Kier molecular flexibility index (Phi) is 3.99. The predicted molar refractivity (Wildman–Crippen MR) is 89.2 cm³/mol. The van der Waals surface area contributed by atoms with Crippen LogP contribution in [0.25, 0.3) is 0 Å². The van der Waals surface area contributed by atoms with Gasteiger partial charge < -0.3 is 9.88 Å². The Labute approximate surface area is 137 Å². The van der Waals surface area contributed by atoms with Crippen molar-refractivity contribution < 1.29 is 0 Å². The summed E-state index contributed by atoms with van der Waals surface area (Å²) in [7, 11) is 0. The zero-order chi connectivity index (χ0) is 15.6. The molecule has 2 fully saturated rings. The van der Waals surface area contributed by atoms with E-state index < -0.39 is 0 Å². The Hall–Kier alpha value is -1.95. The van der Waals surface area contributed by atoms with Crippen LogP contribution < -0.4 is 4.90 Å². The van der Waals surface area contributed by atoms with Crippen LogP contribution in [-0.4, -0.2) is 44.5 Å². The first-order valence-electron chi connectivity index (χ1n) is 8.62. The molecule has 4 heterocycles. The minimum absolute atomic E-state index is 0.383. The number of imidazole rings is 1. The molecule has 2 saturated heterocycles. The summed E-state index contributed by atoms with van der Waals surface area (Å²) in [6.45, 7) is 6.20. The lowest BCUT2D eigenvalue weighted by molar-refractivity contribution is 0.238. The number of likely N-dealkylation sites (tertiary alicyclic amines) is 1. The van der Waals surface area contributed by atoms with E-state index in [1.54, 1.807) is 0 Å². The number of aryl methyl sites for hydroxylation is 1. The SMILES string of the molecule is Cc1cnc(C2CCCN2Cc2ccnc(N3CCCC3)n2)[nH]1. The summed E-state index contributed by atoms with van der Waals surface area (Å²) in [5.74, 6) is 1.98. The summed E-state index contributed by atoms with van der Waals surface area (Å²) in [5, 5.41) is 0. The van der Waals surface area contributed by atoms with Crippen molar-refractivity contribution >= 4 is 5.95 Å². The molecule has 122 valence electrons. The van der Waals surface area contributed by atoms with Crippen LogP contribution in [0.5, 0.6) is 0 Å². The molecular weight excluding hydrogens is 288 g/mol. The number of H-pyrrole nitrogens is 1. The third kappa shape index (κ3) is 3.08. The third-order valence-electron chi connectivity index (χ3n) is 4.86. The van der Waals surface area contributed by atoms with Crippen molar-refractivity contribution in [1.82, 2.24) is 24.8 Å². The minimum Gasteiger partial charge on any atom is -0.345 e. The lowest BCUT2D eigenvalue weighted by Crippen LogP contribution is -2.25. The molecule has 1 N–H and O–H groups in total. The van der Waals surface area contributed by atoms with Gasteiger partial charge in [-0.25, -0.2) is 15.0 Å². The number of aromatic amines is 1. The van der Waals surface area contributed by atoms with Crippen molar-refractivity contribution in [3.8, 4) is 0 Å². The fourth-order valence-corrected chi connectivity index (χ4v) is 3.68. The first kappa shape index (κ1) is 14.6. The Morgan fingerprint density at radius 1 is 1.17 bits per heavy atom. The van der Waals surface area contributed by atoms with Gasteiger partial charge in [0.05, 0.1) is 11.7 Å². The van der Waals surface area contributed by atoms with Crippen LogP contribution in [0, 0.1) is 6.92 Å². The van der Waals surface area contributed by atoms with E-state index in [2.05, 4.69) is 31.7 Å². The van der Waals surface area contributed by atoms with Gasteiger partial charge in [0.2, 0.25) is 5.95 Å². The topological polar surface area (TPSA) is 60.9 Å². The molecule has 0 aliphatic carbocycles. The molecule has 0 amide bonds. The van der Waals surface area contributed by atoms with Gasteiger partial charge in [-0.05, 0) is 45.2 Å². The number of anilines is 1. The molecule has 0 radical (unpaired) electrons. The second kappa shape index (κ2) is 6.28. The molecule has 2 aliphatic heterocycles. The molecule has 1 atom stereocenters. The normalized spacial score (nSPS) is 22.1. The summed E-state index contributed by atoms with van der Waals surface area (Å²) >= 11 is 0. The van der Waals surface area contributed by atoms with Gasteiger partial charge in [0.1, 0.15) is 5.82 Å². The van der Waals surface area contributed by atoms with Crippen LogP contribution in [0.3, 0.4) is 0 Å². The molecule has 6 heteroatoms. The smallest absolute Gasteiger partial charge is 0.225 e. The zero-order valence-corrected chi connectivity index (χ0v) is 13.7. The third-order valence-corrected chi connectivity index (χ3v) is 4.86. The second-order valence-corrected chi connectivity index (χ2v) is 6.62. The largest absolute Gasteiger partial charge is 0.345 e. The molecule has 0 bridgehead atoms. The summed E-state index contributed by atoms with van der Waals surface area (Å²) in [6, 6.07) is 2.43. The lowest BCUT2D eigenvalue weighted by Gasteiger charge is -2.23. The van der Waals surface area contributed by atoms with Crippen LogP contribution >= 0.6 is 0 Å². The number of rotatable bonds is 4. The standard InChI is InChI=1S/C17H24N6/c1-13-11-19-16(20-13)15-5-4-10-23(15)12-14-6-7-18-17(21-14)22-8-2-3-9-22/h6-7,11,15H,2-5,8-10,12H2,1H3,(H,19,20). The molecule has 23 heavy (non-hydrogen) atoms. The van der Waals surface area contributed by atoms with E-state index in [4.69, 9.17) is 4.98 Å². The van der Waals surface area contributed by atoms with Crippen LogP contribution in [0.1, 0.15) is 48.9 Å². The maximum atomic E-state index is 4.79. The Morgan fingerprint density at radius 3 is 2.83 bits per heavy atom. The van der Waals surface area contributed by atoms with Gasteiger partial charge >= 0.3 is 0 Å². The number of hydrogen-bond donors (Lipinski definition) is 1. The second-order valence-electron chi connectivity index (χ2n) is 6.62. The van der Waals surface area contributed by atoms with Crippen LogP contribution in [0.15, 0.2) is 18.5 Å². The van der Waals surface area contributed by atoms with E-state index in [0.29, 0.717) is 6.04 Å². The predicted octanol–water partition coefficient (Wildman–Crippen LogP) is 2.45. The zero-order valence-electron chi connectivity index (χ0n) is 13.7. The van der Waals surface area contributed by atoms with Crippen molar-refractivity contribution in [2.45, 2.75) is 45.2 Å². The van der Waals surface area contributed by atoms with Gasteiger partial charge in [-0.2, -0.15) is 0 Å². The van der Waals surface area contributed by atoms with Crippen molar-refractivity contribution in [3.63, 3.8) is 0 Å². The monoisotopic (exact) mass is 312 g/mol. The van der Waals surface area contributed by atoms with Crippen molar-refractivity contribution in [2.75, 3.05) is 24.5 Å². The molecule has 6 nitrogen and oxygen atoms in total. The van der Waals surface area contributed by atoms with Gasteiger partial charge in [-0.1, -0.05) is 0 Å². The van der Waals surface area contributed by atoms with E-state index in [1.165, 1.54) is 19.3 Å². The Balaban J connectivity index is 1.49. The average molecular weight is 312 g/mol. The fraction of sp³-hybridized carbons (Fsp3) is 0.588. The molecular formula is C17H24N6. The lowest BCUT2D eigenvalue weighted by atomic mass is 10.2. The number of aromatic nitrogens is 4. The molecule has 2 aliphatic rings. The summed E-state index contributed by atoms with van der Waals surface area (Å²) < 4.78 is 0. The van der Waals surface area contributed by atoms with Gasteiger partial charge in [0.15, 0.2) is 0 Å². The van der Waals surface area contributed by atoms with Crippen LogP contribution in [-0.2, 0) is 6.54 Å². The highest BCUT2D eigenvalue weighted by atomic mass is 15.3. The Morgan fingerprint density at radius 2 is 2.04 bits per heavy atom. The van der Waals surface area contributed by atoms with Gasteiger partial charge in [0, 0.05) is 37.7 Å². The van der Waals surface area contributed by atoms with E-state index in [-0.39, 0.29) is 0 Å². The quantitative estimate of drug-likeness (QED) is 0.939. The molecule has 0 aromatic carbocycles. The maximum Gasteiger partial charge on any atom is 0.225 e. The summed E-state index contributed by atoms with van der Waals surface area (Å²) in [6.07, 6.45) is 8.70. The van der Waals surface area contributed by atoms with Crippen molar-refractivity contribution in [3.05, 3.63) is 35.7 Å². The van der Waals surface area contributed by atoms with Gasteiger partial charge in [0.25, 0.3) is 0 Å². The number of nitrogens with one attached hydrogen (secondary N) is 1.